The van der Waals surface area contributed by atoms with Gasteiger partial charge in [-0.2, -0.15) is 0 Å². The Morgan fingerprint density at radius 3 is 2.61 bits per heavy atom. The van der Waals surface area contributed by atoms with Crippen molar-refractivity contribution in [2.45, 2.75) is 38.5 Å². The lowest BCUT2D eigenvalue weighted by Gasteiger charge is -2.06. The molecule has 0 fully saturated rings. The summed E-state index contributed by atoms with van der Waals surface area (Å²) in [7, 11) is 0. The van der Waals surface area contributed by atoms with Gasteiger partial charge in [0.2, 0.25) is 0 Å². The van der Waals surface area contributed by atoms with Crippen LogP contribution in [0.5, 0.6) is 5.75 Å². The van der Waals surface area contributed by atoms with Crippen LogP contribution in [0.2, 0.25) is 0 Å². The van der Waals surface area contributed by atoms with E-state index in [4.69, 9.17) is 4.98 Å². The van der Waals surface area contributed by atoms with Crippen LogP contribution in [-0.4, -0.2) is 10.1 Å². The van der Waals surface area contributed by atoms with Crippen LogP contribution in [0.1, 0.15) is 36.3 Å². The molecule has 1 heterocycles. The molecule has 2 nitrogen and oxygen atoms in total. The highest BCUT2D eigenvalue weighted by Crippen LogP contribution is 2.35. The first-order chi connectivity index (χ1) is 8.84. The maximum atomic E-state index is 9.90. The van der Waals surface area contributed by atoms with Crippen LogP contribution in [0.3, 0.4) is 0 Å². The first-order valence-electron chi connectivity index (χ1n) is 6.61. The van der Waals surface area contributed by atoms with Gasteiger partial charge in [0.05, 0.1) is 11.3 Å². The third-order valence-corrected chi connectivity index (χ3v) is 4.67. The average Bonchev–Trinajstić information content (AvgIpc) is 2.72. The van der Waals surface area contributed by atoms with Gasteiger partial charge in [-0.1, -0.05) is 25.0 Å². The SMILES string of the molecule is Oc1ccccc1-c1nc2c(s1)CCCCCC2. The fraction of sp³-hybridized carbons (Fsp3) is 0.400. The summed E-state index contributed by atoms with van der Waals surface area (Å²) >= 11 is 1.75. The third-order valence-electron chi connectivity index (χ3n) is 3.48. The molecule has 0 bridgehead atoms. The van der Waals surface area contributed by atoms with Crippen molar-refractivity contribution < 1.29 is 5.11 Å². The van der Waals surface area contributed by atoms with E-state index in [9.17, 15) is 5.11 Å². The zero-order valence-corrected chi connectivity index (χ0v) is 11.2. The summed E-state index contributed by atoms with van der Waals surface area (Å²) < 4.78 is 0. The second kappa shape index (κ2) is 5.11. The Morgan fingerprint density at radius 1 is 1.00 bits per heavy atom. The Kier molecular flexibility index (Phi) is 3.33. The molecule has 0 aliphatic heterocycles. The molecule has 1 aliphatic rings. The van der Waals surface area contributed by atoms with Crippen molar-refractivity contribution in [3.8, 4) is 16.3 Å². The van der Waals surface area contributed by atoms with E-state index in [-0.39, 0.29) is 0 Å². The van der Waals surface area contributed by atoms with Gasteiger partial charge in [-0.05, 0) is 37.8 Å². The van der Waals surface area contributed by atoms with Crippen molar-refractivity contribution in [2.24, 2.45) is 0 Å². The molecule has 0 saturated heterocycles. The molecule has 0 radical (unpaired) electrons. The number of thiazole rings is 1. The predicted octanol–water partition coefficient (Wildman–Crippen LogP) is 4.17. The van der Waals surface area contributed by atoms with Crippen LogP contribution in [0.15, 0.2) is 24.3 Å². The maximum absolute atomic E-state index is 9.90. The Bertz CT molecular complexity index is 522. The van der Waals surface area contributed by atoms with Crippen LogP contribution in [0.25, 0.3) is 10.6 Å². The number of hydrogen-bond acceptors (Lipinski definition) is 3. The number of phenols is 1. The fourth-order valence-electron chi connectivity index (χ4n) is 2.48. The second-order valence-electron chi connectivity index (χ2n) is 4.82. The van der Waals surface area contributed by atoms with Crippen molar-refractivity contribution in [1.29, 1.82) is 0 Å². The van der Waals surface area contributed by atoms with Crippen LogP contribution in [0.4, 0.5) is 0 Å². The van der Waals surface area contributed by atoms with E-state index in [2.05, 4.69) is 0 Å². The van der Waals surface area contributed by atoms with Gasteiger partial charge in [0.15, 0.2) is 0 Å². The van der Waals surface area contributed by atoms with Gasteiger partial charge in [0, 0.05) is 4.88 Å². The van der Waals surface area contributed by atoms with Crippen LogP contribution < -0.4 is 0 Å². The first kappa shape index (κ1) is 11.7. The highest BCUT2D eigenvalue weighted by molar-refractivity contribution is 7.15. The van der Waals surface area contributed by atoms with Crippen molar-refractivity contribution in [2.75, 3.05) is 0 Å². The number of benzene rings is 1. The van der Waals surface area contributed by atoms with Crippen molar-refractivity contribution >= 4 is 11.3 Å². The molecule has 0 saturated carbocycles. The minimum Gasteiger partial charge on any atom is -0.507 e. The van der Waals surface area contributed by atoms with Gasteiger partial charge in [-0.3, -0.25) is 0 Å². The Balaban J connectivity index is 1.99. The van der Waals surface area contributed by atoms with Gasteiger partial charge in [-0.15, -0.1) is 11.3 Å². The summed E-state index contributed by atoms with van der Waals surface area (Å²) in [5, 5.41) is 10.9. The average molecular weight is 259 g/mol. The monoisotopic (exact) mass is 259 g/mol. The molecule has 18 heavy (non-hydrogen) atoms. The molecule has 0 unspecified atom stereocenters. The standard InChI is InChI=1S/C15H17NOS/c17-13-9-6-5-7-11(13)15-16-12-8-3-1-2-4-10-14(12)18-15/h5-7,9,17H,1-4,8,10H2. The normalized spacial score (nSPS) is 15.8. The molecular formula is C15H17NOS. The van der Waals surface area contributed by atoms with Crippen molar-refractivity contribution in [3.63, 3.8) is 0 Å². The first-order valence-corrected chi connectivity index (χ1v) is 7.43. The zero-order chi connectivity index (χ0) is 12.4. The summed E-state index contributed by atoms with van der Waals surface area (Å²) in [6.45, 7) is 0. The van der Waals surface area contributed by atoms with E-state index in [1.807, 2.05) is 18.2 Å². The summed E-state index contributed by atoms with van der Waals surface area (Å²) in [6.07, 6.45) is 7.43. The number of hydrogen-bond donors (Lipinski definition) is 1. The van der Waals surface area contributed by atoms with Gasteiger partial charge in [-0.25, -0.2) is 4.98 Å². The number of aryl methyl sites for hydroxylation is 2. The van der Waals surface area contributed by atoms with Crippen molar-refractivity contribution in [1.82, 2.24) is 4.98 Å². The Morgan fingerprint density at radius 2 is 1.78 bits per heavy atom. The maximum Gasteiger partial charge on any atom is 0.127 e. The highest BCUT2D eigenvalue weighted by atomic mass is 32.1. The highest BCUT2D eigenvalue weighted by Gasteiger charge is 2.15. The molecule has 2 aromatic rings. The predicted molar refractivity (Wildman–Crippen MR) is 75.1 cm³/mol. The minimum atomic E-state index is 0.333. The molecule has 0 amide bonds. The van der Waals surface area contributed by atoms with Gasteiger partial charge < -0.3 is 5.11 Å². The van der Waals surface area contributed by atoms with E-state index >= 15 is 0 Å². The number of aromatic nitrogens is 1. The Labute approximate surface area is 111 Å². The lowest BCUT2D eigenvalue weighted by molar-refractivity contribution is 0.477. The molecule has 3 rings (SSSR count). The Hall–Kier alpha value is -1.35. The van der Waals surface area contributed by atoms with E-state index in [0.717, 1.165) is 23.4 Å². The summed E-state index contributed by atoms with van der Waals surface area (Å²) in [5.74, 6) is 0.333. The van der Waals surface area contributed by atoms with Crippen LogP contribution in [-0.2, 0) is 12.8 Å². The topological polar surface area (TPSA) is 33.1 Å². The summed E-state index contributed by atoms with van der Waals surface area (Å²) in [4.78, 5) is 6.17. The number of rotatable bonds is 1. The van der Waals surface area contributed by atoms with E-state index in [1.165, 1.54) is 36.3 Å². The minimum absolute atomic E-state index is 0.333. The number of aromatic hydroxyl groups is 1. The van der Waals surface area contributed by atoms with Crippen LogP contribution in [0, 0.1) is 0 Å². The van der Waals surface area contributed by atoms with E-state index < -0.39 is 0 Å². The molecule has 1 aliphatic carbocycles. The molecule has 0 spiro atoms. The molecule has 94 valence electrons. The number of phenolic OH excluding ortho intramolecular Hbond substituents is 1. The molecule has 1 aromatic carbocycles. The van der Waals surface area contributed by atoms with Crippen LogP contribution >= 0.6 is 11.3 Å². The lowest BCUT2D eigenvalue weighted by Crippen LogP contribution is -1.96. The number of nitrogens with zero attached hydrogens (tertiary/aromatic N) is 1. The smallest absolute Gasteiger partial charge is 0.127 e. The van der Waals surface area contributed by atoms with Gasteiger partial charge >= 0.3 is 0 Å². The van der Waals surface area contributed by atoms with E-state index in [0.29, 0.717) is 5.75 Å². The van der Waals surface area contributed by atoms with Crippen molar-refractivity contribution in [3.05, 3.63) is 34.8 Å². The quantitative estimate of drug-likeness (QED) is 0.833. The third kappa shape index (κ3) is 2.27. The summed E-state index contributed by atoms with van der Waals surface area (Å²) in [5.41, 5.74) is 2.13. The summed E-state index contributed by atoms with van der Waals surface area (Å²) in [6, 6.07) is 7.48. The largest absolute Gasteiger partial charge is 0.507 e. The molecule has 0 atom stereocenters. The molecule has 3 heteroatoms. The second-order valence-corrected chi connectivity index (χ2v) is 5.90. The van der Waals surface area contributed by atoms with Gasteiger partial charge in [0.25, 0.3) is 0 Å². The zero-order valence-electron chi connectivity index (χ0n) is 10.4. The van der Waals surface area contributed by atoms with Gasteiger partial charge in [0.1, 0.15) is 10.8 Å². The number of para-hydroxylation sites is 1. The lowest BCUT2D eigenvalue weighted by atomic mass is 10.0. The van der Waals surface area contributed by atoms with E-state index in [1.54, 1.807) is 17.4 Å². The number of fused-ring (bicyclic) bond motifs is 1. The fourth-order valence-corrected chi connectivity index (χ4v) is 3.66. The molecule has 1 N–H and O–H groups in total. The molecular weight excluding hydrogens is 242 g/mol. The molecule has 1 aromatic heterocycles.